The van der Waals surface area contributed by atoms with E-state index in [9.17, 15) is 0 Å². The molecule has 0 amide bonds. The van der Waals surface area contributed by atoms with E-state index in [1.54, 1.807) is 4.90 Å². The Balaban J connectivity index is 0.00000256. The molecule has 98 valence electrons. The molecule has 0 saturated carbocycles. The molecular formula is C10H21IN6. The lowest BCUT2D eigenvalue weighted by Crippen LogP contribution is -2.30. The Kier molecular flexibility index (Phi) is 6.29. The van der Waals surface area contributed by atoms with E-state index in [4.69, 9.17) is 5.73 Å². The minimum atomic E-state index is 0. The number of halogens is 1. The van der Waals surface area contributed by atoms with Gasteiger partial charge in [-0.15, -0.1) is 24.0 Å². The summed E-state index contributed by atoms with van der Waals surface area (Å²) in [5.41, 5.74) is 6.75. The lowest BCUT2D eigenvalue weighted by molar-refractivity contribution is 0.607. The Morgan fingerprint density at radius 1 is 1.41 bits per heavy atom. The van der Waals surface area contributed by atoms with Gasteiger partial charge in [0.25, 0.3) is 0 Å². The van der Waals surface area contributed by atoms with Gasteiger partial charge in [-0.1, -0.05) is 0 Å². The van der Waals surface area contributed by atoms with Gasteiger partial charge in [-0.3, -0.25) is 0 Å². The highest BCUT2D eigenvalue weighted by Gasteiger charge is 2.07. The molecule has 0 aliphatic carbocycles. The number of nitrogens with zero attached hydrogens (tertiary/aromatic N) is 5. The maximum Gasteiger partial charge on any atom is 0.204 e. The van der Waals surface area contributed by atoms with Crippen molar-refractivity contribution in [3.63, 3.8) is 0 Å². The van der Waals surface area contributed by atoms with E-state index in [0.717, 1.165) is 11.6 Å². The van der Waals surface area contributed by atoms with Crippen molar-refractivity contribution in [3.8, 4) is 0 Å². The van der Waals surface area contributed by atoms with Gasteiger partial charge in [-0.25, -0.2) is 9.98 Å². The molecule has 0 aliphatic heterocycles. The molecule has 7 heteroatoms. The second kappa shape index (κ2) is 6.67. The number of aliphatic imine (C=N–C) groups is 1. The third-order valence-corrected chi connectivity index (χ3v) is 2.32. The molecule has 0 radical (unpaired) electrons. The van der Waals surface area contributed by atoms with Crippen molar-refractivity contribution in [2.45, 2.75) is 6.54 Å². The Morgan fingerprint density at radius 2 is 2.00 bits per heavy atom. The zero-order valence-corrected chi connectivity index (χ0v) is 13.3. The third kappa shape index (κ3) is 4.06. The van der Waals surface area contributed by atoms with Gasteiger partial charge in [0, 0.05) is 35.2 Å². The zero-order valence-electron chi connectivity index (χ0n) is 11.0. The van der Waals surface area contributed by atoms with Crippen LogP contribution in [0.1, 0.15) is 5.69 Å². The number of imidazole rings is 1. The Hall–Kier alpha value is -0.990. The minimum Gasteiger partial charge on any atom is -0.370 e. The van der Waals surface area contributed by atoms with Crippen LogP contribution in [0.3, 0.4) is 0 Å². The fourth-order valence-corrected chi connectivity index (χ4v) is 1.30. The van der Waals surface area contributed by atoms with Crippen molar-refractivity contribution in [2.75, 3.05) is 33.1 Å². The van der Waals surface area contributed by atoms with Crippen molar-refractivity contribution in [2.24, 2.45) is 17.8 Å². The summed E-state index contributed by atoms with van der Waals surface area (Å²) < 4.78 is 2.01. The summed E-state index contributed by atoms with van der Waals surface area (Å²) in [5, 5.41) is 0. The molecule has 6 nitrogen and oxygen atoms in total. The maximum absolute atomic E-state index is 5.72. The molecule has 0 aromatic carbocycles. The standard InChI is InChI=1S/C10H20N6.HI/c1-14(2)9(11)12-6-8-7-13-10(15(3)4)16(8)5;/h7H,6H2,1-5H3,(H2,11,12);1H. The lowest BCUT2D eigenvalue weighted by Gasteiger charge is -2.13. The van der Waals surface area contributed by atoms with Crippen molar-refractivity contribution >= 4 is 35.9 Å². The van der Waals surface area contributed by atoms with E-state index >= 15 is 0 Å². The molecular weight excluding hydrogens is 331 g/mol. The molecule has 0 unspecified atom stereocenters. The molecule has 0 fully saturated rings. The van der Waals surface area contributed by atoms with Gasteiger partial charge in [0.2, 0.25) is 5.95 Å². The van der Waals surface area contributed by atoms with Gasteiger partial charge < -0.3 is 20.1 Å². The van der Waals surface area contributed by atoms with E-state index in [1.807, 2.05) is 50.9 Å². The van der Waals surface area contributed by atoms with Gasteiger partial charge in [0.05, 0.1) is 18.4 Å². The van der Waals surface area contributed by atoms with Crippen molar-refractivity contribution < 1.29 is 0 Å². The normalized spacial score (nSPS) is 11.0. The fourth-order valence-electron chi connectivity index (χ4n) is 1.30. The Bertz CT molecular complexity index is 382. The summed E-state index contributed by atoms with van der Waals surface area (Å²) in [4.78, 5) is 12.3. The third-order valence-electron chi connectivity index (χ3n) is 2.32. The SMILES string of the molecule is CN(C)C(N)=NCc1cnc(N(C)C)n1C.I. The van der Waals surface area contributed by atoms with Gasteiger partial charge >= 0.3 is 0 Å². The van der Waals surface area contributed by atoms with E-state index in [2.05, 4.69) is 9.98 Å². The summed E-state index contributed by atoms with van der Waals surface area (Å²) in [7, 11) is 9.63. The molecule has 1 rings (SSSR count). The first-order chi connectivity index (χ1) is 7.43. The maximum atomic E-state index is 5.72. The second-order valence-electron chi connectivity index (χ2n) is 4.07. The highest BCUT2D eigenvalue weighted by molar-refractivity contribution is 14.0. The molecule has 0 saturated heterocycles. The van der Waals surface area contributed by atoms with Crippen LogP contribution in [0.2, 0.25) is 0 Å². The Labute approximate surface area is 120 Å². The van der Waals surface area contributed by atoms with Crippen LogP contribution in [-0.4, -0.2) is 48.6 Å². The van der Waals surface area contributed by atoms with Gasteiger partial charge in [-0.2, -0.15) is 0 Å². The molecule has 2 N–H and O–H groups in total. The number of hydrogen-bond donors (Lipinski definition) is 1. The molecule has 1 aromatic heterocycles. The van der Waals surface area contributed by atoms with E-state index in [1.165, 1.54) is 0 Å². The average molecular weight is 352 g/mol. The first-order valence-electron chi connectivity index (χ1n) is 5.08. The lowest BCUT2D eigenvalue weighted by atomic mass is 10.5. The summed E-state index contributed by atoms with van der Waals surface area (Å²) in [6, 6.07) is 0. The van der Waals surface area contributed by atoms with Crippen LogP contribution >= 0.6 is 24.0 Å². The van der Waals surface area contributed by atoms with Crippen LogP contribution in [0.15, 0.2) is 11.2 Å². The highest BCUT2D eigenvalue weighted by atomic mass is 127. The number of nitrogens with two attached hydrogens (primary N) is 1. The zero-order chi connectivity index (χ0) is 12.3. The van der Waals surface area contributed by atoms with Crippen LogP contribution in [0.25, 0.3) is 0 Å². The van der Waals surface area contributed by atoms with Crippen molar-refractivity contribution in [1.29, 1.82) is 0 Å². The predicted octanol–water partition coefficient (Wildman–Crippen LogP) is 0.480. The monoisotopic (exact) mass is 352 g/mol. The first-order valence-corrected chi connectivity index (χ1v) is 5.08. The van der Waals surface area contributed by atoms with Gasteiger partial charge in [0.15, 0.2) is 5.96 Å². The highest BCUT2D eigenvalue weighted by Crippen LogP contribution is 2.11. The van der Waals surface area contributed by atoms with Crippen molar-refractivity contribution in [1.82, 2.24) is 14.5 Å². The average Bonchev–Trinajstić information content (AvgIpc) is 2.56. The van der Waals surface area contributed by atoms with Crippen LogP contribution in [-0.2, 0) is 13.6 Å². The van der Waals surface area contributed by atoms with E-state index in [0.29, 0.717) is 12.5 Å². The molecule has 0 bridgehead atoms. The fraction of sp³-hybridized carbons (Fsp3) is 0.600. The largest absolute Gasteiger partial charge is 0.370 e. The summed E-state index contributed by atoms with van der Waals surface area (Å²) in [5.74, 6) is 1.43. The number of hydrogen-bond acceptors (Lipinski definition) is 3. The Morgan fingerprint density at radius 3 is 2.41 bits per heavy atom. The quantitative estimate of drug-likeness (QED) is 0.488. The smallest absolute Gasteiger partial charge is 0.204 e. The van der Waals surface area contributed by atoms with Crippen LogP contribution in [0.5, 0.6) is 0 Å². The van der Waals surface area contributed by atoms with Crippen molar-refractivity contribution in [3.05, 3.63) is 11.9 Å². The number of anilines is 1. The molecule has 0 spiro atoms. The number of aromatic nitrogens is 2. The summed E-state index contributed by atoms with van der Waals surface area (Å²) in [6.45, 7) is 0.543. The van der Waals surface area contributed by atoms with Gasteiger partial charge in [0.1, 0.15) is 0 Å². The molecule has 0 atom stereocenters. The van der Waals surface area contributed by atoms with E-state index < -0.39 is 0 Å². The minimum absolute atomic E-state index is 0. The van der Waals surface area contributed by atoms with Crippen LogP contribution in [0, 0.1) is 0 Å². The molecule has 1 aromatic rings. The number of guanidine groups is 1. The van der Waals surface area contributed by atoms with Crippen LogP contribution < -0.4 is 10.6 Å². The predicted molar refractivity (Wildman–Crippen MR) is 82.0 cm³/mol. The molecule has 1 heterocycles. The molecule has 0 aliphatic rings. The number of rotatable bonds is 3. The van der Waals surface area contributed by atoms with Crippen LogP contribution in [0.4, 0.5) is 5.95 Å². The topological polar surface area (TPSA) is 62.7 Å². The molecule has 17 heavy (non-hydrogen) atoms. The summed E-state index contributed by atoms with van der Waals surface area (Å²) in [6.07, 6.45) is 1.82. The first kappa shape index (κ1) is 16.0. The van der Waals surface area contributed by atoms with Gasteiger partial charge in [-0.05, 0) is 0 Å². The van der Waals surface area contributed by atoms with E-state index in [-0.39, 0.29) is 24.0 Å². The summed E-state index contributed by atoms with van der Waals surface area (Å²) >= 11 is 0. The second-order valence-corrected chi connectivity index (χ2v) is 4.07.